The number of rotatable bonds is 5. The number of piperazine rings is 1. The van der Waals surface area contributed by atoms with Gasteiger partial charge in [0.15, 0.2) is 0 Å². The molecule has 7 nitrogen and oxygen atoms in total. The van der Waals surface area contributed by atoms with Gasteiger partial charge < -0.3 is 19.0 Å². The normalized spacial score (nSPS) is 13.7. The van der Waals surface area contributed by atoms with Gasteiger partial charge in [-0.1, -0.05) is 23.8 Å². The van der Waals surface area contributed by atoms with Crippen molar-refractivity contribution in [1.82, 2.24) is 15.1 Å². The zero-order chi connectivity index (χ0) is 23.5. The average Bonchev–Trinajstić information content (AvgIpc) is 3.39. The summed E-state index contributed by atoms with van der Waals surface area (Å²) in [6, 6.07) is 23.3. The molecular weight excluding hydrogens is 428 g/mol. The molecule has 172 valence electrons. The fraction of sp³-hybridized carbons (Fsp3) is 0.222. The number of benzene rings is 3. The van der Waals surface area contributed by atoms with E-state index >= 15 is 0 Å². The molecule has 0 atom stereocenters. The van der Waals surface area contributed by atoms with E-state index in [9.17, 15) is 4.79 Å². The highest BCUT2D eigenvalue weighted by Gasteiger charge is 2.23. The van der Waals surface area contributed by atoms with Gasteiger partial charge in [-0.3, -0.25) is 4.79 Å². The van der Waals surface area contributed by atoms with Crippen molar-refractivity contribution in [3.8, 4) is 28.7 Å². The average molecular weight is 455 g/mol. The number of aryl methyl sites for hydroxylation is 1. The molecule has 0 unspecified atom stereocenters. The molecule has 1 fully saturated rings. The van der Waals surface area contributed by atoms with Crippen molar-refractivity contribution in [2.45, 2.75) is 6.92 Å². The van der Waals surface area contributed by atoms with Crippen LogP contribution >= 0.6 is 0 Å². The molecule has 2 heterocycles. The van der Waals surface area contributed by atoms with Crippen molar-refractivity contribution in [1.29, 1.82) is 0 Å². The molecule has 5 rings (SSSR count). The van der Waals surface area contributed by atoms with Crippen molar-refractivity contribution in [3.05, 3.63) is 83.9 Å². The second-order valence-electron chi connectivity index (χ2n) is 8.34. The molecule has 1 aliphatic rings. The molecule has 0 aliphatic carbocycles. The van der Waals surface area contributed by atoms with Gasteiger partial charge >= 0.3 is 0 Å². The third-order valence-electron chi connectivity index (χ3n) is 6.05. The summed E-state index contributed by atoms with van der Waals surface area (Å²) in [6.45, 7) is 4.92. The molecule has 0 spiro atoms. The number of carbonyl (C=O) groups excluding carboxylic acids is 1. The molecule has 1 saturated heterocycles. The minimum absolute atomic E-state index is 0.0304. The lowest BCUT2D eigenvalue weighted by Gasteiger charge is -2.36. The summed E-state index contributed by atoms with van der Waals surface area (Å²) in [6.07, 6.45) is 0. The van der Waals surface area contributed by atoms with Crippen LogP contribution in [0.1, 0.15) is 15.9 Å². The Morgan fingerprint density at radius 2 is 1.56 bits per heavy atom. The molecule has 0 radical (unpaired) electrons. The Hall–Kier alpha value is -4.13. The summed E-state index contributed by atoms with van der Waals surface area (Å²) in [5.41, 5.74) is 4.56. The fourth-order valence-electron chi connectivity index (χ4n) is 4.15. The van der Waals surface area contributed by atoms with Gasteiger partial charge in [0.1, 0.15) is 5.75 Å². The van der Waals surface area contributed by atoms with E-state index in [-0.39, 0.29) is 5.91 Å². The van der Waals surface area contributed by atoms with Gasteiger partial charge in [0.05, 0.1) is 7.11 Å². The molecule has 0 N–H and O–H groups in total. The molecule has 0 bridgehead atoms. The number of anilines is 1. The lowest BCUT2D eigenvalue weighted by atomic mass is 10.1. The summed E-state index contributed by atoms with van der Waals surface area (Å²) in [5.74, 6) is 1.78. The van der Waals surface area contributed by atoms with Crippen LogP contribution in [0.25, 0.3) is 22.9 Å². The van der Waals surface area contributed by atoms with Crippen molar-refractivity contribution >= 4 is 11.6 Å². The number of carbonyl (C=O) groups is 1. The number of hydrogen-bond donors (Lipinski definition) is 0. The van der Waals surface area contributed by atoms with Crippen molar-refractivity contribution in [2.75, 3.05) is 38.2 Å². The SMILES string of the molecule is COc1cccc(N2CCN(C(=O)c3ccc(-c4nnc(-c5cccc(C)c5)o4)cc3)CC2)c1. The minimum Gasteiger partial charge on any atom is -0.497 e. The maximum atomic E-state index is 13.0. The van der Waals surface area contributed by atoms with Gasteiger partial charge in [-0.05, 0) is 55.5 Å². The van der Waals surface area contributed by atoms with Gasteiger partial charge in [0.25, 0.3) is 5.91 Å². The smallest absolute Gasteiger partial charge is 0.253 e. The van der Waals surface area contributed by atoms with Gasteiger partial charge in [0.2, 0.25) is 11.8 Å². The maximum absolute atomic E-state index is 13.0. The molecule has 0 saturated carbocycles. The van der Waals surface area contributed by atoms with Crippen LogP contribution in [0.15, 0.2) is 77.2 Å². The summed E-state index contributed by atoms with van der Waals surface area (Å²) in [4.78, 5) is 17.2. The van der Waals surface area contributed by atoms with E-state index in [0.29, 0.717) is 30.4 Å². The van der Waals surface area contributed by atoms with Gasteiger partial charge in [-0.2, -0.15) is 0 Å². The predicted octanol–water partition coefficient (Wildman–Crippen LogP) is 4.68. The fourth-order valence-corrected chi connectivity index (χ4v) is 4.15. The van der Waals surface area contributed by atoms with Crippen LogP contribution in [-0.4, -0.2) is 54.3 Å². The largest absolute Gasteiger partial charge is 0.497 e. The molecule has 4 aromatic rings. The maximum Gasteiger partial charge on any atom is 0.253 e. The van der Waals surface area contributed by atoms with Crippen LogP contribution in [0.2, 0.25) is 0 Å². The van der Waals surface area contributed by atoms with Crippen LogP contribution in [0, 0.1) is 6.92 Å². The quantitative estimate of drug-likeness (QED) is 0.436. The summed E-state index contributed by atoms with van der Waals surface area (Å²) in [5, 5.41) is 8.35. The first-order valence-electron chi connectivity index (χ1n) is 11.3. The molecule has 1 amide bonds. The Kier molecular flexibility index (Phi) is 5.99. The summed E-state index contributed by atoms with van der Waals surface area (Å²) in [7, 11) is 1.67. The lowest BCUT2D eigenvalue weighted by molar-refractivity contribution is 0.0747. The number of hydrogen-bond acceptors (Lipinski definition) is 6. The third kappa shape index (κ3) is 4.50. The Labute approximate surface area is 198 Å². The number of amides is 1. The number of ether oxygens (including phenoxy) is 1. The Morgan fingerprint density at radius 3 is 2.26 bits per heavy atom. The number of methoxy groups -OCH3 is 1. The Morgan fingerprint density at radius 1 is 0.853 bits per heavy atom. The van der Waals surface area contributed by atoms with Crippen LogP contribution in [0.4, 0.5) is 5.69 Å². The Bertz CT molecular complexity index is 1290. The van der Waals surface area contributed by atoms with E-state index in [1.165, 1.54) is 0 Å². The highest BCUT2D eigenvalue weighted by atomic mass is 16.5. The van der Waals surface area contributed by atoms with Crippen LogP contribution in [0.3, 0.4) is 0 Å². The second-order valence-corrected chi connectivity index (χ2v) is 8.34. The standard InChI is InChI=1S/C27H26N4O3/c1-19-5-3-6-22(17-19)26-29-28-25(34-26)20-9-11-21(12-10-20)27(32)31-15-13-30(14-16-31)23-7-4-8-24(18-23)33-2/h3-12,17-18H,13-16H2,1-2H3. The highest BCUT2D eigenvalue weighted by Crippen LogP contribution is 2.26. The first-order valence-corrected chi connectivity index (χ1v) is 11.3. The molecule has 7 heteroatoms. The topological polar surface area (TPSA) is 71.7 Å². The summed E-state index contributed by atoms with van der Waals surface area (Å²) >= 11 is 0. The van der Waals surface area contributed by atoms with E-state index in [1.807, 2.05) is 78.6 Å². The van der Waals surface area contributed by atoms with E-state index in [0.717, 1.165) is 41.2 Å². The third-order valence-corrected chi connectivity index (χ3v) is 6.05. The van der Waals surface area contributed by atoms with E-state index in [4.69, 9.17) is 9.15 Å². The minimum atomic E-state index is 0.0304. The monoisotopic (exact) mass is 454 g/mol. The van der Waals surface area contributed by atoms with E-state index < -0.39 is 0 Å². The van der Waals surface area contributed by atoms with Gasteiger partial charge in [-0.15, -0.1) is 10.2 Å². The van der Waals surface area contributed by atoms with Crippen molar-refractivity contribution in [2.24, 2.45) is 0 Å². The highest BCUT2D eigenvalue weighted by molar-refractivity contribution is 5.94. The Balaban J connectivity index is 1.23. The molecule has 1 aromatic heterocycles. The first-order chi connectivity index (χ1) is 16.6. The van der Waals surface area contributed by atoms with Crippen LogP contribution in [-0.2, 0) is 0 Å². The van der Waals surface area contributed by atoms with Gasteiger partial charge in [0, 0.05) is 54.6 Å². The first kappa shape index (κ1) is 21.7. The molecule has 34 heavy (non-hydrogen) atoms. The molecular formula is C27H26N4O3. The van der Waals surface area contributed by atoms with Crippen molar-refractivity contribution < 1.29 is 13.9 Å². The van der Waals surface area contributed by atoms with E-state index in [1.54, 1.807) is 7.11 Å². The summed E-state index contributed by atoms with van der Waals surface area (Å²) < 4.78 is 11.2. The second kappa shape index (κ2) is 9.39. The van der Waals surface area contributed by atoms with E-state index in [2.05, 4.69) is 21.2 Å². The van der Waals surface area contributed by atoms with Gasteiger partial charge in [-0.25, -0.2) is 0 Å². The molecule has 3 aromatic carbocycles. The van der Waals surface area contributed by atoms with Crippen LogP contribution in [0.5, 0.6) is 5.75 Å². The predicted molar refractivity (Wildman–Crippen MR) is 131 cm³/mol. The van der Waals surface area contributed by atoms with Crippen molar-refractivity contribution in [3.63, 3.8) is 0 Å². The zero-order valence-electron chi connectivity index (χ0n) is 19.3. The van der Waals surface area contributed by atoms with Crippen LogP contribution < -0.4 is 9.64 Å². The number of aromatic nitrogens is 2. The molecule has 1 aliphatic heterocycles. The lowest BCUT2D eigenvalue weighted by Crippen LogP contribution is -2.48. The zero-order valence-corrected chi connectivity index (χ0v) is 19.3. The number of nitrogens with zero attached hydrogens (tertiary/aromatic N) is 4.